The van der Waals surface area contributed by atoms with Gasteiger partial charge < -0.3 is 15.0 Å². The minimum atomic E-state index is -0.952. The molecule has 11 heteroatoms. The Kier molecular flexibility index (Phi) is 8.26. The van der Waals surface area contributed by atoms with Crippen molar-refractivity contribution >= 4 is 23.4 Å². The largest absolute Gasteiger partial charge is 0.450 e. The highest BCUT2D eigenvalue weighted by molar-refractivity contribution is 6.32. The fraction of sp³-hybridized carbons (Fsp3) is 0.345. The predicted molar refractivity (Wildman–Crippen MR) is 146 cm³/mol. The van der Waals surface area contributed by atoms with Crippen LogP contribution in [0.5, 0.6) is 11.5 Å². The molecule has 1 fully saturated rings. The number of aromatic nitrogens is 2. The Morgan fingerprint density at radius 2 is 1.98 bits per heavy atom. The van der Waals surface area contributed by atoms with Gasteiger partial charge in [0.15, 0.2) is 5.75 Å². The highest BCUT2D eigenvalue weighted by Crippen LogP contribution is 2.43. The topological polar surface area (TPSA) is 128 Å². The lowest BCUT2D eigenvalue weighted by molar-refractivity contribution is -0.137. The number of hydrogen-bond donors (Lipinski definition) is 2. The predicted octanol–water partition coefficient (Wildman–Crippen LogP) is 5.06. The monoisotopic (exact) mass is 565 g/mol. The summed E-state index contributed by atoms with van der Waals surface area (Å²) in [4.78, 5) is 40.4. The Morgan fingerprint density at radius 3 is 2.65 bits per heavy atom. The van der Waals surface area contributed by atoms with Gasteiger partial charge in [-0.05, 0) is 76.4 Å². The van der Waals surface area contributed by atoms with E-state index in [2.05, 4.69) is 21.6 Å². The molecule has 4 rings (SSSR count). The van der Waals surface area contributed by atoms with E-state index >= 15 is 0 Å². The molecule has 0 bridgehead atoms. The fourth-order valence-corrected chi connectivity index (χ4v) is 5.13. The lowest BCUT2D eigenvalue weighted by Crippen LogP contribution is -2.52. The van der Waals surface area contributed by atoms with Crippen LogP contribution >= 0.6 is 11.6 Å². The van der Waals surface area contributed by atoms with E-state index < -0.39 is 40.8 Å². The number of likely N-dealkylation sites (tertiary alicyclic amines) is 1. The van der Waals surface area contributed by atoms with Crippen LogP contribution in [-0.4, -0.2) is 39.0 Å². The number of halogens is 2. The number of carbonyl (C=O) groups is 2. The number of benzene rings is 2. The highest BCUT2D eigenvalue weighted by atomic mass is 35.5. The van der Waals surface area contributed by atoms with Gasteiger partial charge in [0.25, 0.3) is 5.91 Å². The molecule has 1 saturated heterocycles. The third kappa shape index (κ3) is 6.00. The summed E-state index contributed by atoms with van der Waals surface area (Å²) in [5.41, 5.74) is -0.0482. The van der Waals surface area contributed by atoms with Crippen LogP contribution in [0.4, 0.5) is 4.39 Å². The molecule has 0 saturated carbocycles. The Balaban J connectivity index is 1.53. The second kappa shape index (κ2) is 11.5. The smallest absolute Gasteiger partial charge is 0.307 e. The van der Waals surface area contributed by atoms with Crippen LogP contribution < -0.4 is 15.6 Å². The van der Waals surface area contributed by atoms with Crippen molar-refractivity contribution in [1.82, 2.24) is 20.4 Å². The summed E-state index contributed by atoms with van der Waals surface area (Å²) < 4.78 is 19.6. The zero-order chi connectivity index (χ0) is 29.2. The van der Waals surface area contributed by atoms with Crippen molar-refractivity contribution in [2.75, 3.05) is 0 Å². The second-order valence-corrected chi connectivity index (χ2v) is 10.8. The van der Waals surface area contributed by atoms with Gasteiger partial charge in [-0.2, -0.15) is 10.4 Å². The first-order valence-corrected chi connectivity index (χ1v) is 13.1. The van der Waals surface area contributed by atoms with Crippen LogP contribution in [0.2, 0.25) is 5.02 Å². The van der Waals surface area contributed by atoms with E-state index in [-0.39, 0.29) is 28.0 Å². The molecule has 9 nitrogen and oxygen atoms in total. The third-order valence-electron chi connectivity index (χ3n) is 7.02. The zero-order valence-electron chi connectivity index (χ0n) is 22.5. The number of aryl methyl sites for hydroxylation is 1. The molecule has 208 valence electrons. The molecule has 40 heavy (non-hydrogen) atoms. The minimum Gasteiger partial charge on any atom is -0.450 e. The maximum Gasteiger partial charge on any atom is 0.307 e. The summed E-state index contributed by atoms with van der Waals surface area (Å²) in [6, 6.07) is 12.3. The molecule has 2 heterocycles. The molecular formula is C29H29ClFN5O4. The number of aromatic amines is 1. The maximum atomic E-state index is 14.0. The van der Waals surface area contributed by atoms with Gasteiger partial charge in [-0.1, -0.05) is 23.7 Å². The molecule has 3 atom stereocenters. The summed E-state index contributed by atoms with van der Waals surface area (Å²) >= 11 is 6.33. The summed E-state index contributed by atoms with van der Waals surface area (Å²) in [7, 11) is 0. The van der Waals surface area contributed by atoms with Crippen LogP contribution in [-0.2, 0) is 4.79 Å². The number of amides is 2. The van der Waals surface area contributed by atoms with E-state index in [9.17, 15) is 24.0 Å². The first-order chi connectivity index (χ1) is 18.9. The molecular weight excluding hydrogens is 537 g/mol. The molecule has 0 aliphatic carbocycles. The number of nitrogens with zero attached hydrogens (tertiary/aromatic N) is 3. The first-order valence-electron chi connectivity index (χ1n) is 12.7. The first kappa shape index (κ1) is 28.8. The lowest BCUT2D eigenvalue weighted by Gasteiger charge is -2.38. The zero-order valence-corrected chi connectivity index (χ0v) is 23.3. The maximum absolute atomic E-state index is 14.0. The summed E-state index contributed by atoms with van der Waals surface area (Å²) in [5, 5.41) is 18.7. The van der Waals surface area contributed by atoms with Crippen LogP contribution in [0, 0.1) is 29.5 Å². The number of ether oxygens (including phenoxy) is 1. The molecule has 0 radical (unpaired) electrons. The third-order valence-corrected chi connectivity index (χ3v) is 7.32. The van der Waals surface area contributed by atoms with Crippen molar-refractivity contribution in [2.45, 2.75) is 58.7 Å². The van der Waals surface area contributed by atoms with Crippen LogP contribution in [0.3, 0.4) is 0 Å². The number of carbonyl (C=O) groups excluding carboxylic acids is 2. The van der Waals surface area contributed by atoms with Crippen molar-refractivity contribution < 1.29 is 18.7 Å². The van der Waals surface area contributed by atoms with Gasteiger partial charge in [-0.3, -0.25) is 14.4 Å². The van der Waals surface area contributed by atoms with Gasteiger partial charge >= 0.3 is 5.56 Å². The fourth-order valence-electron chi connectivity index (χ4n) is 4.91. The van der Waals surface area contributed by atoms with Crippen molar-refractivity contribution in [2.24, 2.45) is 5.41 Å². The highest BCUT2D eigenvalue weighted by Gasteiger charge is 2.46. The molecule has 1 aromatic heterocycles. The van der Waals surface area contributed by atoms with E-state index in [0.717, 1.165) is 0 Å². The Labute approximate surface area is 235 Å². The Hall–Kier alpha value is -4.23. The van der Waals surface area contributed by atoms with Crippen molar-refractivity contribution in [3.8, 4) is 17.6 Å². The van der Waals surface area contributed by atoms with Gasteiger partial charge in [0.1, 0.15) is 17.6 Å². The molecule has 2 aromatic carbocycles. The van der Waals surface area contributed by atoms with Crippen LogP contribution in [0.15, 0.2) is 53.3 Å². The van der Waals surface area contributed by atoms with Crippen LogP contribution in [0.25, 0.3) is 0 Å². The van der Waals surface area contributed by atoms with E-state index in [1.54, 1.807) is 44.7 Å². The van der Waals surface area contributed by atoms with E-state index in [1.165, 1.54) is 36.4 Å². The van der Waals surface area contributed by atoms with Gasteiger partial charge in [0.05, 0.1) is 34.3 Å². The number of nitriles is 1. The molecule has 3 aromatic rings. The number of nitrogens with one attached hydrogen (secondary N) is 2. The quantitative estimate of drug-likeness (QED) is 0.412. The van der Waals surface area contributed by atoms with Crippen molar-refractivity contribution in [3.63, 3.8) is 0 Å². The standard InChI is InChI=1S/C29H29ClFN5O4/c1-16-12-24(27(38)35-34-16)40-23-10-8-19(14-21(23)30)26(37)33-17(2)28(39)36-22(18-6-5-7-20(31)13-18)9-11-25(36)29(3,4)15-32/h5-8,10,12-14,17,22,25H,9,11H2,1-4H3,(H,33,37)(H,35,38)/t17-,22?,25?/m1/s1. The van der Waals surface area contributed by atoms with Crippen molar-refractivity contribution in [3.05, 3.63) is 86.5 Å². The van der Waals surface area contributed by atoms with E-state index in [4.69, 9.17) is 16.3 Å². The molecule has 0 spiro atoms. The molecule has 2 N–H and O–H groups in total. The number of rotatable bonds is 7. The molecule has 1 aliphatic rings. The molecule has 1 aliphatic heterocycles. The lowest BCUT2D eigenvalue weighted by atomic mass is 9.84. The van der Waals surface area contributed by atoms with Gasteiger partial charge in [0, 0.05) is 11.6 Å². The van der Waals surface area contributed by atoms with E-state index in [1.807, 2.05) is 0 Å². The molecule has 2 amide bonds. The second-order valence-electron chi connectivity index (χ2n) is 10.4. The average molecular weight is 566 g/mol. The summed E-state index contributed by atoms with van der Waals surface area (Å²) in [6.45, 7) is 6.78. The summed E-state index contributed by atoms with van der Waals surface area (Å²) in [6.07, 6.45) is 1.12. The van der Waals surface area contributed by atoms with Crippen molar-refractivity contribution in [1.29, 1.82) is 5.26 Å². The number of H-pyrrole nitrogens is 1. The van der Waals surface area contributed by atoms with Gasteiger partial charge in [-0.25, -0.2) is 9.49 Å². The van der Waals surface area contributed by atoms with E-state index in [0.29, 0.717) is 24.1 Å². The Morgan fingerprint density at radius 1 is 1.23 bits per heavy atom. The normalized spacial score (nSPS) is 17.7. The number of hydrogen-bond acceptors (Lipinski definition) is 6. The Bertz CT molecular complexity index is 1550. The minimum absolute atomic E-state index is 0.000803. The summed E-state index contributed by atoms with van der Waals surface area (Å²) in [5.74, 6) is -1.19. The van der Waals surface area contributed by atoms with Gasteiger partial charge in [-0.15, -0.1) is 0 Å². The SMILES string of the molecule is Cc1cc(Oc2ccc(C(=O)N[C@H](C)C(=O)N3C(c4cccc(F)c4)CCC3C(C)(C)C#N)cc2Cl)c(=O)[nH]n1. The van der Waals surface area contributed by atoms with Gasteiger partial charge in [0.2, 0.25) is 5.91 Å². The average Bonchev–Trinajstić information content (AvgIpc) is 3.37. The molecule has 2 unspecified atom stereocenters. The van der Waals surface area contributed by atoms with Crippen LogP contribution in [0.1, 0.15) is 61.3 Å².